The third-order valence-corrected chi connectivity index (χ3v) is 16.4. The lowest BCUT2D eigenvalue weighted by Gasteiger charge is -2.51. The Bertz CT molecular complexity index is 3290. The first-order valence-electron chi connectivity index (χ1n) is 26.3. The first kappa shape index (κ1) is 79.9. The molecule has 0 bridgehead atoms. The van der Waals surface area contributed by atoms with Crippen molar-refractivity contribution in [3.8, 4) is 0 Å². The summed E-state index contributed by atoms with van der Waals surface area (Å²) in [5, 5.41) is 131. The number of hydrogen-bond acceptors (Lipinski definition) is 40. The summed E-state index contributed by atoms with van der Waals surface area (Å²) < 4.78 is 256. The van der Waals surface area contributed by atoms with E-state index in [9.17, 15) is 150 Å². The molecule has 0 aromatic rings. The number of aliphatic carboxylic acids is 3. The number of carbonyl (C=O) groups is 5. The first-order chi connectivity index (χ1) is 43.7. The third kappa shape index (κ3) is 20.3. The predicted molar refractivity (Wildman–Crippen MR) is 275 cm³/mol. The molecule has 0 unspecified atom stereocenters. The van der Waals surface area contributed by atoms with Gasteiger partial charge in [0.25, 0.3) is 0 Å². The maximum absolute atomic E-state index is 13.3. The van der Waals surface area contributed by atoms with Crippen LogP contribution in [0.5, 0.6) is 0 Å². The molecule has 95 heavy (non-hydrogen) atoms. The summed E-state index contributed by atoms with van der Waals surface area (Å²) in [5.74, 6) is -9.62. The fourth-order valence-corrected chi connectivity index (χ4v) is 12.9. The molecule has 0 aromatic heterocycles. The normalized spacial score (nSPS) is 40.8. The minimum absolute atomic E-state index is 0.612. The number of aliphatic hydroxyl groups is 9. The van der Waals surface area contributed by atoms with Gasteiger partial charge in [0, 0.05) is 13.8 Å². The zero-order chi connectivity index (χ0) is 71.7. The van der Waals surface area contributed by atoms with Gasteiger partial charge in [-0.1, -0.05) is 0 Å². The highest BCUT2D eigenvalue weighted by atomic mass is 32.3. The average Bonchev–Trinajstić information content (AvgIpc) is 1.03. The molecule has 19 N–H and O–H groups in total. The molecule has 6 heterocycles. The van der Waals surface area contributed by atoms with Crippen molar-refractivity contribution in [2.75, 3.05) is 26.4 Å². The summed E-state index contributed by atoms with van der Waals surface area (Å²) in [5.41, 5.74) is 0. The molecule has 2 amide bonds. The largest absolute Gasteiger partial charge is 0.479 e. The molecule has 55 heteroatoms. The molecule has 0 radical (unpaired) electrons. The number of nitrogens with one attached hydrogen (secondary N) is 2. The van der Waals surface area contributed by atoms with Crippen molar-refractivity contribution in [3.63, 3.8) is 0 Å². The Labute approximate surface area is 531 Å². The highest BCUT2D eigenvalue weighted by Crippen LogP contribution is 2.40. The number of carbonyl (C=O) groups excluding carboxylic acids is 2. The Morgan fingerprint density at radius 2 is 0.600 bits per heavy atom. The third-order valence-electron chi connectivity index (χ3n) is 14.1. The van der Waals surface area contributed by atoms with E-state index in [2.05, 4.69) is 20.9 Å². The van der Waals surface area contributed by atoms with Crippen molar-refractivity contribution in [2.45, 2.75) is 192 Å². The van der Waals surface area contributed by atoms with Crippen molar-refractivity contribution in [2.24, 2.45) is 0 Å². The fraction of sp³-hybridized carbons (Fsp3) is 0.875. The summed E-state index contributed by atoms with van der Waals surface area (Å²) in [6.07, 6.45) is -72.8. The number of rotatable bonds is 29. The summed E-state index contributed by atoms with van der Waals surface area (Å²) in [7, 11) is -29.9. The first-order valence-corrected chi connectivity index (χ1v) is 33.1. The lowest BCUT2D eigenvalue weighted by molar-refractivity contribution is -0.371. The number of ether oxygens (including phenoxy) is 11. The molecule has 6 aliphatic heterocycles. The van der Waals surface area contributed by atoms with E-state index < -0.39 is 286 Å². The highest BCUT2D eigenvalue weighted by molar-refractivity contribution is 7.81. The lowest BCUT2D eigenvalue weighted by Crippen LogP contribution is -2.72. The van der Waals surface area contributed by atoms with E-state index in [0.29, 0.717) is 13.8 Å². The van der Waals surface area contributed by atoms with Crippen LogP contribution < -0.4 is 10.6 Å². The second-order valence-electron chi connectivity index (χ2n) is 20.7. The highest BCUT2D eigenvalue weighted by Gasteiger charge is 2.63. The van der Waals surface area contributed by atoms with Gasteiger partial charge in [-0.2, -0.15) is 42.1 Å². The Morgan fingerprint density at radius 1 is 0.326 bits per heavy atom. The molecule has 550 valence electrons. The minimum atomic E-state index is -6.21. The molecule has 6 rings (SSSR count). The van der Waals surface area contributed by atoms with E-state index in [4.69, 9.17) is 52.1 Å². The second kappa shape index (κ2) is 31.6. The van der Waals surface area contributed by atoms with Crippen LogP contribution in [-0.2, 0) is 149 Å². The molecule has 0 spiro atoms. The molecule has 6 fully saturated rings. The van der Waals surface area contributed by atoms with Gasteiger partial charge < -0.3 is 124 Å². The molecule has 0 aliphatic carbocycles. The van der Waals surface area contributed by atoms with E-state index in [1.165, 1.54) is 0 Å². The standard InChI is InChI=1S/C40H62N2O48S5/c1-7(47)41-13-23(79-38-28(88-93(66,67)68)17(51)16(50)27(83-38)33(54)55)21(86-91(60,61)62)11(5-45)76-36(13)82-26-19(53)30(90-95(72,73)74)40(85-32(26)35(58)59)80-24-14(42-8(2)48)37(77-12(6-46)22(24)87-92(63,64)65)81-25-18(52)29(89-94(69,70)71)39(84-31(25)34(56)57)78-20-10(4-44)75-9(3-43)15(20)49/h9-32,36-40,43-46,49-53H,3-6H2,1-2H3,(H,41,47)(H,42,48)(H,54,55)(H,56,57)(H,58,59)(H,60,61,62)(H,63,64,65)(H,66,67,68)(H,69,70,71)(H,72,73,74)/t9-,10-,11-,12-,13-,14-,15+,16+,17+,18+,19+,20-,21+,22+,23-,24-,25+,26+,27-,28-,29-,30-,31-,32-,36+,37+,38-,39-,40-/m1/s1. The zero-order valence-electron chi connectivity index (χ0n) is 47.4. The molecule has 0 aromatic carbocycles. The number of aliphatic hydroxyl groups excluding tert-OH is 9. The van der Waals surface area contributed by atoms with Crippen LogP contribution in [0.3, 0.4) is 0 Å². The van der Waals surface area contributed by atoms with Gasteiger partial charge in [-0.05, 0) is 0 Å². The van der Waals surface area contributed by atoms with Crippen LogP contribution in [0, 0.1) is 0 Å². The predicted octanol–water partition coefficient (Wildman–Crippen LogP) is -13.7. The van der Waals surface area contributed by atoms with Crippen molar-refractivity contribution in [1.82, 2.24) is 10.6 Å². The zero-order valence-corrected chi connectivity index (χ0v) is 51.5. The Kier molecular flexibility index (Phi) is 26.6. The van der Waals surface area contributed by atoms with E-state index in [1.807, 2.05) is 10.6 Å². The number of carboxylic acid groups (broad SMARTS) is 3. The van der Waals surface area contributed by atoms with Crippen LogP contribution in [0.25, 0.3) is 0 Å². The van der Waals surface area contributed by atoms with Crippen LogP contribution in [0.15, 0.2) is 0 Å². The Balaban J connectivity index is 1.45. The van der Waals surface area contributed by atoms with Crippen LogP contribution in [0.1, 0.15) is 13.8 Å². The SMILES string of the molecule is CC(=O)N[C@H]1[C@H](O[C@H]2[C@H](O)[C@@H](OS(=O)(=O)O)[C@H](O[C@H]3[C@@H](O)[C@@H](CO)O[C@@H]3CO)O[C@H]2C(=O)O)O[C@H](CO)[C@H](OS(=O)(=O)O)[C@@H]1O[C@@H]1O[C@@H](C(=O)O)[C@@H](O[C@@H]2O[C@H](CO)[C@H](OS(=O)(=O)O)[C@H](O[C@@H]3O[C@@H](C(=O)O)[C@@H](O)[C@H](O)[C@H]3OS(=O)(=O)O)[C@H]2NC(C)=O)[C@H](O)[C@H]1OS(=O)(=O)O. The van der Waals surface area contributed by atoms with Crippen LogP contribution >= 0.6 is 0 Å². The maximum Gasteiger partial charge on any atom is 0.397 e. The van der Waals surface area contributed by atoms with Gasteiger partial charge in [0.15, 0.2) is 68.1 Å². The van der Waals surface area contributed by atoms with Gasteiger partial charge >= 0.3 is 69.9 Å². The van der Waals surface area contributed by atoms with Gasteiger partial charge in [0.05, 0.1) is 26.4 Å². The van der Waals surface area contributed by atoms with E-state index in [-0.39, 0.29) is 0 Å². The van der Waals surface area contributed by atoms with E-state index >= 15 is 0 Å². The molecule has 6 saturated heterocycles. The van der Waals surface area contributed by atoms with Crippen LogP contribution in [0.4, 0.5) is 0 Å². The number of hydrogen-bond donors (Lipinski definition) is 19. The van der Waals surface area contributed by atoms with Crippen molar-refractivity contribution >= 4 is 81.7 Å². The fourth-order valence-electron chi connectivity index (χ4n) is 10.5. The average molecular weight is 1500 g/mol. The molecule has 0 saturated carbocycles. The van der Waals surface area contributed by atoms with Crippen LogP contribution in [0.2, 0.25) is 0 Å². The molecule has 50 nitrogen and oxygen atoms in total. The second-order valence-corrected chi connectivity index (χ2v) is 25.9. The van der Waals surface area contributed by atoms with Crippen molar-refractivity contribution in [3.05, 3.63) is 0 Å². The summed E-state index contributed by atoms with van der Waals surface area (Å²) in [6.45, 7) is -4.08. The van der Waals surface area contributed by atoms with E-state index in [1.54, 1.807) is 0 Å². The van der Waals surface area contributed by atoms with Gasteiger partial charge in [0.2, 0.25) is 11.8 Å². The Morgan fingerprint density at radius 3 is 0.895 bits per heavy atom. The number of carboxylic acids is 3. The molecule has 6 aliphatic rings. The topological polar surface area (TPSA) is 772 Å². The lowest BCUT2D eigenvalue weighted by atomic mass is 9.93. The smallest absolute Gasteiger partial charge is 0.397 e. The summed E-state index contributed by atoms with van der Waals surface area (Å²) in [6, 6.07) is -5.25. The van der Waals surface area contributed by atoms with Gasteiger partial charge in [-0.15, -0.1) is 0 Å². The summed E-state index contributed by atoms with van der Waals surface area (Å²) in [4.78, 5) is 64.4. The van der Waals surface area contributed by atoms with Crippen LogP contribution in [-0.4, -0.2) is 360 Å². The van der Waals surface area contributed by atoms with E-state index in [0.717, 1.165) is 0 Å². The number of amides is 2. The minimum Gasteiger partial charge on any atom is -0.479 e. The monoisotopic (exact) mass is 1500 g/mol. The molecular weight excluding hydrogens is 1440 g/mol. The quantitative estimate of drug-likeness (QED) is 0.0309. The van der Waals surface area contributed by atoms with Crippen molar-refractivity contribution in [1.29, 1.82) is 0 Å². The molecular formula is C40H62N2O48S5. The summed E-state index contributed by atoms with van der Waals surface area (Å²) >= 11 is 0. The molecule has 29 atom stereocenters. The van der Waals surface area contributed by atoms with Crippen molar-refractivity contribution < 1.29 is 223 Å². The van der Waals surface area contributed by atoms with Gasteiger partial charge in [-0.25, -0.2) is 35.3 Å². The maximum atomic E-state index is 13.3. The van der Waals surface area contributed by atoms with Gasteiger partial charge in [0.1, 0.15) is 110 Å². The van der Waals surface area contributed by atoms with Gasteiger partial charge in [-0.3, -0.25) is 32.4 Å². The Hall–Kier alpha value is -4.10.